The van der Waals surface area contributed by atoms with Crippen LogP contribution in [0.2, 0.25) is 19.1 Å². The Bertz CT molecular complexity index is 1240. The summed E-state index contributed by atoms with van der Waals surface area (Å²) in [5.41, 5.74) is 0. The average Bonchev–Trinajstić information content (AvgIpc) is 3.06. The molecule has 0 amide bonds. The standard InChI is InChI=1S/C18H15P.C16H20PSi.2CO.Ir/c1-4-10-16(11-5-1)19(17-12-6-2-7-13-17)18-14-8-3-9-15-18;1-18(2)14-13-17(15-9-5-3-6-10-15)16-11-7-4-8-12-16;2*1-2;/h1-15H;3-12H,13-14H2,1-2H3;;;. The third kappa shape index (κ3) is 12.2. The van der Waals surface area contributed by atoms with Crippen molar-refractivity contribution in [1.29, 1.82) is 0 Å². The van der Waals surface area contributed by atoms with E-state index >= 15 is 0 Å². The largest absolute Gasteiger partial charge is 0.281 e. The van der Waals surface area contributed by atoms with Crippen molar-refractivity contribution >= 4 is 62.1 Å². The van der Waals surface area contributed by atoms with Crippen LogP contribution >= 0.6 is 15.8 Å². The first-order valence-corrected chi connectivity index (χ1v) is 22.9. The molecule has 42 heavy (non-hydrogen) atoms. The van der Waals surface area contributed by atoms with Gasteiger partial charge in [-0.2, -0.15) is 0 Å². The Morgan fingerprint density at radius 3 is 0.952 bits per heavy atom. The summed E-state index contributed by atoms with van der Waals surface area (Å²) in [7, 11) is -0.626. The van der Waals surface area contributed by atoms with Crippen molar-refractivity contribution in [1.82, 2.24) is 0 Å². The second-order valence-electron chi connectivity index (χ2n) is 9.57. The maximum atomic E-state index is 7.50. The Kier molecular flexibility index (Phi) is 17.0. The summed E-state index contributed by atoms with van der Waals surface area (Å²) in [5, 5.41) is 7.23. The van der Waals surface area contributed by atoms with Crippen molar-refractivity contribution in [3.63, 3.8) is 0 Å². The Balaban J connectivity index is 0.000000263. The maximum Gasteiger partial charge on any atom is 0.281 e. The summed E-state index contributed by atoms with van der Waals surface area (Å²) in [6, 6.07) is 55.8. The van der Waals surface area contributed by atoms with Gasteiger partial charge in [0, 0.05) is 0 Å². The van der Waals surface area contributed by atoms with Gasteiger partial charge >= 0.3 is 129 Å². The van der Waals surface area contributed by atoms with Crippen LogP contribution in [0.4, 0.5) is 0 Å². The predicted molar refractivity (Wildman–Crippen MR) is 183 cm³/mol. The van der Waals surface area contributed by atoms with Gasteiger partial charge in [-0.3, -0.25) is 9.59 Å². The van der Waals surface area contributed by atoms with Gasteiger partial charge in [0.05, 0.1) is 0 Å². The molecule has 2 nitrogen and oxygen atoms in total. The summed E-state index contributed by atoms with van der Waals surface area (Å²) >= 11 is 2.47. The van der Waals surface area contributed by atoms with E-state index in [1.165, 1.54) is 38.7 Å². The van der Waals surface area contributed by atoms with Crippen LogP contribution in [-0.2, 0) is 27.8 Å². The monoisotopic (exact) mass is 782 g/mol. The molecule has 0 fully saturated rings. The molecular formula is C36H35IrO2P2Si. The van der Waals surface area contributed by atoms with Crippen molar-refractivity contribution < 1.29 is 27.8 Å². The van der Waals surface area contributed by atoms with Crippen LogP contribution in [0, 0.1) is 0 Å². The number of benzene rings is 5. The van der Waals surface area contributed by atoms with Crippen LogP contribution < -0.4 is 26.5 Å². The van der Waals surface area contributed by atoms with Gasteiger partial charge in [-0.15, -0.1) is 0 Å². The van der Waals surface area contributed by atoms with E-state index in [-0.39, 0.29) is 7.92 Å². The Labute approximate surface area is 265 Å². The molecule has 0 aromatic heterocycles. The molecule has 0 saturated carbocycles. The topological polar surface area (TPSA) is 34.1 Å². The maximum absolute atomic E-state index is 7.50. The van der Waals surface area contributed by atoms with Gasteiger partial charge in [-0.05, 0) is 23.8 Å². The van der Waals surface area contributed by atoms with Crippen molar-refractivity contribution in [3.05, 3.63) is 152 Å². The van der Waals surface area contributed by atoms with Crippen molar-refractivity contribution in [2.24, 2.45) is 0 Å². The fourth-order valence-corrected chi connectivity index (χ4v) is 13.7. The Hall–Kier alpha value is -2.83. The van der Waals surface area contributed by atoms with Crippen molar-refractivity contribution in [3.8, 4) is 0 Å². The molecule has 214 valence electrons. The second kappa shape index (κ2) is 20.1. The number of rotatable bonds is 8. The zero-order valence-electron chi connectivity index (χ0n) is 23.9. The molecule has 4 radical (unpaired) electrons. The van der Waals surface area contributed by atoms with Gasteiger partial charge in [0.1, 0.15) is 0 Å². The van der Waals surface area contributed by atoms with Gasteiger partial charge in [-0.1, -0.05) is 91.0 Å². The molecule has 5 aromatic rings. The summed E-state index contributed by atoms with van der Waals surface area (Å²) < 4.78 is 0. The molecule has 0 heterocycles. The van der Waals surface area contributed by atoms with Crippen LogP contribution in [-0.4, -0.2) is 25.9 Å². The predicted octanol–water partition coefficient (Wildman–Crippen LogP) is 6.52. The van der Waals surface area contributed by atoms with Gasteiger partial charge < -0.3 is 0 Å². The third-order valence-corrected chi connectivity index (χ3v) is 14.7. The Morgan fingerprint density at radius 2 is 0.714 bits per heavy atom. The zero-order chi connectivity index (χ0) is 30.6. The zero-order valence-corrected chi connectivity index (χ0v) is 29.1. The van der Waals surface area contributed by atoms with Gasteiger partial charge in [0.15, 0.2) is 0 Å². The second-order valence-corrected chi connectivity index (χ2v) is 27.7. The minimum Gasteiger partial charge on any atom is -0.281 e. The van der Waals surface area contributed by atoms with E-state index in [9.17, 15) is 0 Å². The number of hydrogen-bond acceptors (Lipinski definition) is 2. The average molecular weight is 782 g/mol. The SMILES string of the molecule is C[Si](C)([Ir])CCP(c1ccccc1)c1ccccc1.[C]=O.[C]=O.c1ccc(P(c2ccccc2)c2ccccc2)cc1. The van der Waals surface area contributed by atoms with Crippen LogP contribution in [0.25, 0.3) is 0 Å². The molecular weight excluding hydrogens is 747 g/mol. The third-order valence-electron chi connectivity index (χ3n) is 6.10. The normalized spacial score (nSPS) is 10.3. The van der Waals surface area contributed by atoms with Crippen LogP contribution in [0.15, 0.2) is 152 Å². The molecule has 0 saturated heterocycles. The number of carbonyl (C=O) groups excluding carboxylic acids is 2. The molecule has 0 bridgehead atoms. The molecule has 5 aromatic carbocycles. The minimum absolute atomic E-state index is 0.180. The summed E-state index contributed by atoms with van der Waals surface area (Å²) in [5.74, 6) is 0. The van der Waals surface area contributed by atoms with Gasteiger partial charge in [-0.25, -0.2) is 0 Å². The minimum atomic E-state index is -0.970. The Morgan fingerprint density at radius 1 is 0.476 bits per heavy atom. The molecule has 5 rings (SSSR count). The van der Waals surface area contributed by atoms with E-state index in [0.29, 0.717) is 0 Å². The number of hydrogen-bond donors (Lipinski definition) is 0. The van der Waals surface area contributed by atoms with Gasteiger partial charge in [0.25, 0.3) is 13.6 Å². The van der Waals surface area contributed by atoms with E-state index in [4.69, 9.17) is 9.59 Å². The molecule has 0 spiro atoms. The van der Waals surface area contributed by atoms with E-state index in [1.54, 1.807) is 0 Å². The fourth-order valence-electron chi connectivity index (χ4n) is 4.17. The van der Waals surface area contributed by atoms with Crippen LogP contribution in [0.5, 0.6) is 0 Å². The summed E-state index contributed by atoms with van der Waals surface area (Å²) in [6.45, 7) is 13.9. The summed E-state index contributed by atoms with van der Waals surface area (Å²) in [4.78, 5) is 15.0. The van der Waals surface area contributed by atoms with Crippen molar-refractivity contribution in [2.75, 3.05) is 6.16 Å². The fraction of sp³-hybridized carbons (Fsp3) is 0.111. The molecule has 0 unspecified atom stereocenters. The summed E-state index contributed by atoms with van der Waals surface area (Å²) in [6.07, 6.45) is 0.363. The molecule has 6 heteroatoms. The van der Waals surface area contributed by atoms with E-state index in [2.05, 4.69) is 197 Å². The van der Waals surface area contributed by atoms with Crippen LogP contribution in [0.3, 0.4) is 0 Å². The van der Waals surface area contributed by atoms with E-state index in [0.717, 1.165) is 0 Å². The van der Waals surface area contributed by atoms with Gasteiger partial charge in [0.2, 0.25) is 0 Å². The first kappa shape index (κ1) is 35.4. The first-order chi connectivity index (χ1) is 20.5. The van der Waals surface area contributed by atoms with Crippen molar-refractivity contribution in [2.45, 2.75) is 19.1 Å². The molecule has 0 atom stereocenters. The molecule has 0 aliphatic rings. The molecule has 0 aliphatic carbocycles. The van der Waals surface area contributed by atoms with Crippen LogP contribution in [0.1, 0.15) is 0 Å². The first-order valence-electron chi connectivity index (χ1n) is 13.4. The van der Waals surface area contributed by atoms with E-state index < -0.39 is 14.1 Å². The smallest absolute Gasteiger partial charge is 0.281 e. The van der Waals surface area contributed by atoms with E-state index in [1.807, 2.05) is 0 Å². The molecule has 0 N–H and O–H groups in total. The molecule has 0 aliphatic heterocycles. The quantitative estimate of drug-likeness (QED) is 0.133.